The fourth-order valence-electron chi connectivity index (χ4n) is 3.32. The lowest BCUT2D eigenvalue weighted by Crippen LogP contribution is -2.35. The maximum Gasteiger partial charge on any atom is 0.273 e. The highest BCUT2D eigenvalue weighted by Gasteiger charge is 2.24. The van der Waals surface area contributed by atoms with Gasteiger partial charge in [-0.15, -0.1) is 0 Å². The summed E-state index contributed by atoms with van der Waals surface area (Å²) in [6, 6.07) is 8.26. The van der Waals surface area contributed by atoms with Gasteiger partial charge in [-0.05, 0) is 36.6 Å². The second kappa shape index (κ2) is 7.40. The molecule has 0 radical (unpaired) electrons. The highest BCUT2D eigenvalue weighted by molar-refractivity contribution is 5.47. The number of non-ortho nitro benzene ring substituents is 1. The number of rotatable bonds is 5. The standard InChI is InChI=1S/C18H21N3O3/c22-17-12-15(21(23)24)6-7-16(17)18(13-8-10-19-11-9-13)20-14-4-2-1-3-5-14/h6-12,14,18,20,22H,1-5H2. The summed E-state index contributed by atoms with van der Waals surface area (Å²) in [5.74, 6) is -0.0608. The molecule has 2 N–H and O–H groups in total. The summed E-state index contributed by atoms with van der Waals surface area (Å²) in [7, 11) is 0. The second-order valence-corrected chi connectivity index (χ2v) is 6.22. The lowest BCUT2D eigenvalue weighted by molar-refractivity contribution is -0.384. The Kier molecular flexibility index (Phi) is 5.05. The fourth-order valence-corrected chi connectivity index (χ4v) is 3.32. The van der Waals surface area contributed by atoms with Gasteiger partial charge in [0.05, 0.1) is 17.0 Å². The van der Waals surface area contributed by atoms with Gasteiger partial charge in [-0.1, -0.05) is 19.3 Å². The van der Waals surface area contributed by atoms with E-state index in [1.165, 1.54) is 31.4 Å². The van der Waals surface area contributed by atoms with Crippen LogP contribution in [0.4, 0.5) is 5.69 Å². The molecule has 0 amide bonds. The van der Waals surface area contributed by atoms with Crippen molar-refractivity contribution < 1.29 is 10.0 Å². The number of aromatic hydroxyl groups is 1. The van der Waals surface area contributed by atoms with Crippen molar-refractivity contribution in [2.75, 3.05) is 0 Å². The molecule has 1 aliphatic carbocycles. The first-order chi connectivity index (χ1) is 11.6. The third kappa shape index (κ3) is 3.71. The highest BCUT2D eigenvalue weighted by Crippen LogP contribution is 2.33. The monoisotopic (exact) mass is 327 g/mol. The summed E-state index contributed by atoms with van der Waals surface area (Å²) in [6.07, 6.45) is 9.31. The topological polar surface area (TPSA) is 88.3 Å². The van der Waals surface area contributed by atoms with Gasteiger partial charge in [0.25, 0.3) is 5.69 Å². The smallest absolute Gasteiger partial charge is 0.273 e. The molecule has 1 unspecified atom stereocenters. The number of aromatic nitrogens is 1. The molecule has 0 bridgehead atoms. The summed E-state index contributed by atoms with van der Waals surface area (Å²) >= 11 is 0. The van der Waals surface area contributed by atoms with Gasteiger partial charge in [-0.2, -0.15) is 0 Å². The first-order valence-electron chi connectivity index (χ1n) is 8.28. The first-order valence-corrected chi connectivity index (χ1v) is 8.28. The molecular formula is C18H21N3O3. The Morgan fingerprint density at radius 2 is 1.88 bits per heavy atom. The molecule has 1 heterocycles. The van der Waals surface area contributed by atoms with E-state index in [0.717, 1.165) is 18.4 Å². The quantitative estimate of drug-likeness (QED) is 0.645. The van der Waals surface area contributed by atoms with Crippen LogP contribution in [0.25, 0.3) is 0 Å². The Labute approximate surface area is 140 Å². The maximum atomic E-state index is 10.9. The minimum absolute atomic E-state index is 0.0608. The Hall–Kier alpha value is -2.47. The lowest BCUT2D eigenvalue weighted by atomic mass is 9.92. The van der Waals surface area contributed by atoms with Gasteiger partial charge in [0, 0.05) is 30.1 Å². The second-order valence-electron chi connectivity index (χ2n) is 6.22. The molecule has 3 rings (SSSR count). The molecule has 1 aromatic heterocycles. The van der Waals surface area contributed by atoms with Crippen LogP contribution in [0.5, 0.6) is 5.75 Å². The van der Waals surface area contributed by atoms with Gasteiger partial charge in [0.15, 0.2) is 0 Å². The number of nitro benzene ring substituents is 1. The summed E-state index contributed by atoms with van der Waals surface area (Å²) in [6.45, 7) is 0. The predicted octanol–water partition coefficient (Wildman–Crippen LogP) is 3.71. The van der Waals surface area contributed by atoms with E-state index < -0.39 is 4.92 Å². The normalized spacial score (nSPS) is 16.7. The van der Waals surface area contributed by atoms with Crippen LogP contribution in [0.15, 0.2) is 42.7 Å². The number of hydrogen-bond acceptors (Lipinski definition) is 5. The van der Waals surface area contributed by atoms with E-state index in [2.05, 4.69) is 10.3 Å². The van der Waals surface area contributed by atoms with Crippen LogP contribution in [0.2, 0.25) is 0 Å². The van der Waals surface area contributed by atoms with Gasteiger partial charge in [0.2, 0.25) is 0 Å². The summed E-state index contributed by atoms with van der Waals surface area (Å²) in [5, 5.41) is 24.9. The average molecular weight is 327 g/mol. The molecule has 24 heavy (non-hydrogen) atoms. The van der Waals surface area contributed by atoms with E-state index in [4.69, 9.17) is 0 Å². The largest absolute Gasteiger partial charge is 0.507 e. The fraction of sp³-hybridized carbons (Fsp3) is 0.389. The number of nitro groups is 1. The number of phenols is 1. The number of phenolic OH excluding ortho intramolecular Hbond substituents is 1. The van der Waals surface area contributed by atoms with Crippen molar-refractivity contribution in [1.82, 2.24) is 10.3 Å². The van der Waals surface area contributed by atoms with E-state index in [9.17, 15) is 15.2 Å². The Bertz CT molecular complexity index is 700. The Morgan fingerprint density at radius 3 is 2.50 bits per heavy atom. The molecule has 0 saturated heterocycles. The average Bonchev–Trinajstić information content (AvgIpc) is 2.61. The molecule has 1 saturated carbocycles. The summed E-state index contributed by atoms with van der Waals surface area (Å²) < 4.78 is 0. The van der Waals surface area contributed by atoms with E-state index >= 15 is 0 Å². The SMILES string of the molecule is O=[N+]([O-])c1ccc(C(NC2CCCCC2)c2ccncc2)c(O)c1. The van der Waals surface area contributed by atoms with Crippen molar-refractivity contribution in [3.63, 3.8) is 0 Å². The Morgan fingerprint density at radius 1 is 1.17 bits per heavy atom. The van der Waals surface area contributed by atoms with Crippen molar-refractivity contribution in [2.24, 2.45) is 0 Å². The maximum absolute atomic E-state index is 10.9. The first kappa shape index (κ1) is 16.4. The van der Waals surface area contributed by atoms with E-state index in [-0.39, 0.29) is 17.5 Å². The van der Waals surface area contributed by atoms with Gasteiger partial charge in [0.1, 0.15) is 5.75 Å². The van der Waals surface area contributed by atoms with E-state index in [1.807, 2.05) is 12.1 Å². The Balaban J connectivity index is 1.93. The van der Waals surface area contributed by atoms with Gasteiger partial charge < -0.3 is 10.4 Å². The van der Waals surface area contributed by atoms with Crippen LogP contribution >= 0.6 is 0 Å². The summed E-state index contributed by atoms with van der Waals surface area (Å²) in [5.41, 5.74) is 1.53. The highest BCUT2D eigenvalue weighted by atomic mass is 16.6. The number of nitrogens with zero attached hydrogens (tertiary/aromatic N) is 2. The zero-order valence-electron chi connectivity index (χ0n) is 13.4. The van der Waals surface area contributed by atoms with E-state index in [1.54, 1.807) is 18.5 Å². The molecule has 2 aromatic rings. The van der Waals surface area contributed by atoms with Crippen LogP contribution in [-0.2, 0) is 0 Å². The molecule has 1 aromatic carbocycles. The zero-order chi connectivity index (χ0) is 16.9. The molecule has 6 nitrogen and oxygen atoms in total. The van der Waals surface area contributed by atoms with Gasteiger partial charge in [-0.3, -0.25) is 15.1 Å². The molecule has 6 heteroatoms. The van der Waals surface area contributed by atoms with Gasteiger partial charge in [-0.25, -0.2) is 0 Å². The number of pyridine rings is 1. The molecule has 0 spiro atoms. The molecular weight excluding hydrogens is 306 g/mol. The molecule has 0 aliphatic heterocycles. The summed E-state index contributed by atoms with van der Waals surface area (Å²) in [4.78, 5) is 14.4. The van der Waals surface area contributed by atoms with Crippen LogP contribution in [0, 0.1) is 10.1 Å². The van der Waals surface area contributed by atoms with E-state index in [0.29, 0.717) is 11.6 Å². The predicted molar refractivity (Wildman–Crippen MR) is 90.8 cm³/mol. The zero-order valence-corrected chi connectivity index (χ0v) is 13.4. The van der Waals surface area contributed by atoms with Crippen molar-refractivity contribution >= 4 is 5.69 Å². The van der Waals surface area contributed by atoms with Gasteiger partial charge >= 0.3 is 0 Å². The van der Waals surface area contributed by atoms with Crippen LogP contribution in [0.1, 0.15) is 49.3 Å². The molecule has 126 valence electrons. The van der Waals surface area contributed by atoms with Crippen molar-refractivity contribution in [3.05, 3.63) is 64.0 Å². The van der Waals surface area contributed by atoms with Crippen LogP contribution < -0.4 is 5.32 Å². The molecule has 1 atom stereocenters. The van der Waals surface area contributed by atoms with Crippen molar-refractivity contribution in [3.8, 4) is 5.75 Å². The molecule has 1 aliphatic rings. The number of nitrogens with one attached hydrogen (secondary N) is 1. The number of benzene rings is 1. The lowest BCUT2D eigenvalue weighted by Gasteiger charge is -2.29. The van der Waals surface area contributed by atoms with Crippen molar-refractivity contribution in [2.45, 2.75) is 44.2 Å². The number of hydrogen-bond donors (Lipinski definition) is 2. The van der Waals surface area contributed by atoms with Crippen LogP contribution in [0.3, 0.4) is 0 Å². The third-order valence-corrected chi connectivity index (χ3v) is 4.58. The molecule has 1 fully saturated rings. The third-order valence-electron chi connectivity index (χ3n) is 4.58. The van der Waals surface area contributed by atoms with Crippen molar-refractivity contribution in [1.29, 1.82) is 0 Å². The minimum atomic E-state index is -0.500. The van der Waals surface area contributed by atoms with Crippen LogP contribution in [-0.4, -0.2) is 21.1 Å². The minimum Gasteiger partial charge on any atom is -0.507 e.